The maximum absolute atomic E-state index is 10.9. The molecule has 2 aromatic heterocycles. The van der Waals surface area contributed by atoms with Crippen LogP contribution in [0.25, 0.3) is 11.2 Å². The predicted octanol–water partition coefficient (Wildman–Crippen LogP) is -0.653. The molecule has 2 aliphatic rings. The van der Waals surface area contributed by atoms with Crippen molar-refractivity contribution in [2.45, 2.75) is 31.6 Å². The van der Waals surface area contributed by atoms with Gasteiger partial charge in [-0.2, -0.15) is 0 Å². The summed E-state index contributed by atoms with van der Waals surface area (Å²) in [5, 5.41) is 27.1. The number of rotatable bonds is 4. The van der Waals surface area contributed by atoms with Gasteiger partial charge in [-0.3, -0.25) is 9.53 Å². The van der Waals surface area contributed by atoms with E-state index in [1.54, 1.807) is 22.1 Å². The molecule has 0 unspecified atom stereocenters. The first-order valence-corrected chi connectivity index (χ1v) is 9.97. The Morgan fingerprint density at radius 2 is 2.11 bits per heavy atom. The molecule has 0 saturated heterocycles. The summed E-state index contributed by atoms with van der Waals surface area (Å²) in [5.74, 6) is 0.116. The minimum absolute atomic E-state index is 0.282. The van der Waals surface area contributed by atoms with E-state index in [0.29, 0.717) is 5.65 Å². The lowest BCUT2D eigenvalue weighted by Crippen LogP contribution is -2.45. The van der Waals surface area contributed by atoms with Crippen LogP contribution in [0.15, 0.2) is 23.7 Å². The number of aliphatic hydroxyl groups is 2. The first-order chi connectivity index (χ1) is 12.7. The van der Waals surface area contributed by atoms with Crippen LogP contribution in [0.5, 0.6) is 0 Å². The summed E-state index contributed by atoms with van der Waals surface area (Å²) in [4.78, 5) is 22.2. The Morgan fingerprint density at radius 3 is 2.81 bits per heavy atom. The standard InChI is InChI=1S/C15H20N5O6P/c1-8-17-18(2)10-3-4-16-15-12(10)19(8)7-20(15)11-5-9(13(21)14(11)22)6-26-27(23,24)25/h3-4,7,9,11,13-14,21-22H,5-6H2,1-2H3,(H-,23,24,25)/p+1/t9-,11-,13-,14+/m1/s1. The summed E-state index contributed by atoms with van der Waals surface area (Å²) in [6.45, 7) is 1.51. The van der Waals surface area contributed by atoms with E-state index in [1.165, 1.54) is 0 Å². The van der Waals surface area contributed by atoms with Crippen LogP contribution >= 0.6 is 7.82 Å². The number of hydrogen-bond donors (Lipinski definition) is 4. The second kappa shape index (κ2) is 6.33. The Labute approximate surface area is 154 Å². The third kappa shape index (κ3) is 3.06. The van der Waals surface area contributed by atoms with Gasteiger partial charge in [0.25, 0.3) is 0 Å². The molecule has 2 aromatic rings. The highest BCUT2D eigenvalue weighted by molar-refractivity contribution is 7.46. The normalized spacial score (nSPS) is 28.1. The number of hydrogen-bond acceptors (Lipinski definition) is 7. The first kappa shape index (κ1) is 18.5. The van der Waals surface area contributed by atoms with E-state index in [-0.39, 0.29) is 13.0 Å². The number of aliphatic hydroxyl groups excluding tert-OH is 2. The third-order valence-corrected chi connectivity index (χ3v) is 5.67. The van der Waals surface area contributed by atoms with Crippen molar-refractivity contribution in [2.75, 3.05) is 18.7 Å². The van der Waals surface area contributed by atoms with Gasteiger partial charge in [-0.05, 0) is 6.42 Å². The molecule has 0 spiro atoms. The van der Waals surface area contributed by atoms with Crippen molar-refractivity contribution in [3.8, 4) is 0 Å². The molecule has 1 fully saturated rings. The van der Waals surface area contributed by atoms with E-state index in [0.717, 1.165) is 17.0 Å². The van der Waals surface area contributed by atoms with Gasteiger partial charge in [0.2, 0.25) is 5.52 Å². The summed E-state index contributed by atoms with van der Waals surface area (Å²) < 4.78 is 19.1. The molecule has 1 aliphatic carbocycles. The van der Waals surface area contributed by atoms with Gasteiger partial charge in [0, 0.05) is 26.0 Å². The summed E-state index contributed by atoms with van der Waals surface area (Å²) in [5.41, 5.74) is 2.32. The molecular weight excluding hydrogens is 377 g/mol. The van der Waals surface area contributed by atoms with Gasteiger partial charge in [0.1, 0.15) is 24.0 Å². The average Bonchev–Trinajstić information content (AvgIpc) is 3.11. The summed E-state index contributed by atoms with van der Waals surface area (Å²) in [7, 11) is -2.81. The van der Waals surface area contributed by atoms with Crippen LogP contribution in [-0.4, -0.2) is 61.2 Å². The van der Waals surface area contributed by atoms with Gasteiger partial charge < -0.3 is 20.0 Å². The molecule has 1 aliphatic heterocycles. The molecule has 11 nitrogen and oxygen atoms in total. The molecule has 3 heterocycles. The molecule has 146 valence electrons. The average molecular weight is 398 g/mol. The van der Waals surface area contributed by atoms with E-state index in [4.69, 9.17) is 9.79 Å². The summed E-state index contributed by atoms with van der Waals surface area (Å²) >= 11 is 0. The fourth-order valence-corrected chi connectivity index (χ4v) is 4.28. The van der Waals surface area contributed by atoms with Crippen molar-refractivity contribution in [3.63, 3.8) is 0 Å². The lowest BCUT2D eigenvalue weighted by molar-refractivity contribution is -0.706. The number of phosphoric acid groups is 1. The Hall–Kier alpha value is -1.88. The fourth-order valence-electron chi connectivity index (χ4n) is 3.89. The van der Waals surface area contributed by atoms with Crippen LogP contribution in [0, 0.1) is 5.92 Å². The number of aromatic nitrogens is 3. The SMILES string of the molecule is CC1=NN(C)c2ccnc3c2n1c[n+]3[C@@H]1C[C@H](COP(=O)(O)O)[C@@H](O)[C@H]1O. The lowest BCUT2D eigenvalue weighted by atomic mass is 10.1. The van der Waals surface area contributed by atoms with E-state index in [9.17, 15) is 14.8 Å². The Kier molecular flexibility index (Phi) is 4.34. The molecule has 0 radical (unpaired) electrons. The Bertz CT molecular complexity index is 971. The highest BCUT2D eigenvalue weighted by Gasteiger charge is 2.46. The zero-order chi connectivity index (χ0) is 19.5. The van der Waals surface area contributed by atoms with Crippen LogP contribution < -0.4 is 9.58 Å². The zero-order valence-electron chi connectivity index (χ0n) is 14.7. The van der Waals surface area contributed by atoms with Crippen LogP contribution in [0.1, 0.15) is 19.4 Å². The van der Waals surface area contributed by atoms with E-state index >= 15 is 0 Å². The number of phosphoric ester groups is 1. The molecular formula is C15H21N5O6P+. The third-order valence-electron chi connectivity index (χ3n) is 5.19. The van der Waals surface area contributed by atoms with Gasteiger partial charge in [-0.1, -0.05) is 0 Å². The molecule has 0 amide bonds. The van der Waals surface area contributed by atoms with Crippen LogP contribution in [0.3, 0.4) is 0 Å². The highest BCUT2D eigenvalue weighted by atomic mass is 31.2. The molecule has 27 heavy (non-hydrogen) atoms. The molecule has 0 bridgehead atoms. The van der Waals surface area contributed by atoms with E-state index in [2.05, 4.69) is 14.6 Å². The first-order valence-electron chi connectivity index (χ1n) is 8.44. The van der Waals surface area contributed by atoms with Crippen molar-refractivity contribution in [3.05, 3.63) is 18.6 Å². The van der Waals surface area contributed by atoms with Crippen molar-refractivity contribution >= 4 is 30.5 Å². The molecule has 12 heteroatoms. The smallest absolute Gasteiger partial charge is 0.390 e. The largest absolute Gasteiger partial charge is 0.469 e. The molecule has 4 N–H and O–H groups in total. The fraction of sp³-hybridized carbons (Fsp3) is 0.533. The van der Waals surface area contributed by atoms with Crippen LogP contribution in [0.4, 0.5) is 5.69 Å². The number of pyridine rings is 1. The maximum atomic E-state index is 10.9. The molecule has 4 rings (SSSR count). The Balaban J connectivity index is 1.72. The minimum Gasteiger partial charge on any atom is -0.390 e. The molecule has 4 atom stereocenters. The van der Waals surface area contributed by atoms with Crippen molar-refractivity contribution < 1.29 is 33.7 Å². The van der Waals surface area contributed by atoms with Gasteiger partial charge >= 0.3 is 13.5 Å². The van der Waals surface area contributed by atoms with Gasteiger partial charge in [0.05, 0.1) is 12.7 Å². The van der Waals surface area contributed by atoms with Gasteiger partial charge in [-0.15, -0.1) is 10.1 Å². The quantitative estimate of drug-likeness (QED) is 0.393. The lowest BCUT2D eigenvalue weighted by Gasteiger charge is -2.17. The van der Waals surface area contributed by atoms with E-state index < -0.39 is 32.0 Å². The summed E-state index contributed by atoms with van der Waals surface area (Å²) in [6.07, 6.45) is 1.42. The molecule has 0 aromatic carbocycles. The Morgan fingerprint density at radius 1 is 1.37 bits per heavy atom. The van der Waals surface area contributed by atoms with Crippen molar-refractivity contribution in [1.82, 2.24) is 9.55 Å². The van der Waals surface area contributed by atoms with Crippen molar-refractivity contribution in [1.29, 1.82) is 0 Å². The summed E-state index contributed by atoms with van der Waals surface area (Å²) in [6, 6.07) is 1.32. The second-order valence-corrected chi connectivity index (χ2v) is 8.14. The number of anilines is 1. The van der Waals surface area contributed by atoms with E-state index in [1.807, 2.05) is 24.6 Å². The highest BCUT2D eigenvalue weighted by Crippen LogP contribution is 2.40. The molecule has 1 saturated carbocycles. The second-order valence-electron chi connectivity index (χ2n) is 6.90. The topological polar surface area (TPSA) is 145 Å². The monoisotopic (exact) mass is 398 g/mol. The van der Waals surface area contributed by atoms with Gasteiger partial charge in [0.15, 0.2) is 12.2 Å². The van der Waals surface area contributed by atoms with Crippen LogP contribution in [-0.2, 0) is 9.09 Å². The van der Waals surface area contributed by atoms with Crippen LogP contribution in [0.2, 0.25) is 0 Å². The van der Waals surface area contributed by atoms with Gasteiger partial charge in [-0.25, -0.2) is 13.7 Å². The maximum Gasteiger partial charge on any atom is 0.469 e. The number of imidazole rings is 1. The number of hydrazone groups is 1. The predicted molar refractivity (Wildman–Crippen MR) is 94.0 cm³/mol. The minimum atomic E-state index is -4.65. The van der Waals surface area contributed by atoms with Crippen molar-refractivity contribution in [2.24, 2.45) is 11.0 Å². The zero-order valence-corrected chi connectivity index (χ0v) is 15.6. The number of nitrogens with zero attached hydrogens (tertiary/aromatic N) is 5.